The van der Waals surface area contributed by atoms with Gasteiger partial charge in [0.1, 0.15) is 12.1 Å². The molecule has 0 spiro atoms. The van der Waals surface area contributed by atoms with Crippen LogP contribution in [0.15, 0.2) is 48.5 Å². The van der Waals surface area contributed by atoms with Crippen LogP contribution in [-0.4, -0.2) is 52.3 Å². The fraction of sp³-hybridized carbons (Fsp3) is 0.304. The second-order valence-corrected chi connectivity index (χ2v) is 7.79. The molecule has 2 atom stereocenters. The fourth-order valence-corrected chi connectivity index (χ4v) is 4.24. The lowest BCUT2D eigenvalue weighted by Crippen LogP contribution is -2.50. The van der Waals surface area contributed by atoms with Crippen LogP contribution in [0.3, 0.4) is 0 Å². The Morgan fingerprint density at radius 2 is 1.84 bits per heavy atom. The highest BCUT2D eigenvalue weighted by molar-refractivity contribution is 6.16. The van der Waals surface area contributed by atoms with Crippen molar-refractivity contribution >= 4 is 29.4 Å². The second kappa shape index (κ2) is 8.22. The Balaban J connectivity index is 1.52. The maximum atomic E-state index is 13.1. The lowest BCUT2D eigenvalue weighted by Gasteiger charge is -2.25. The lowest BCUT2D eigenvalue weighted by molar-refractivity contribution is -0.148. The maximum absolute atomic E-state index is 13.1. The molecule has 8 heteroatoms. The summed E-state index contributed by atoms with van der Waals surface area (Å²) >= 11 is 0. The molecular formula is C23H23N3O5. The molecule has 0 aromatic heterocycles. The van der Waals surface area contributed by atoms with Gasteiger partial charge in [0.2, 0.25) is 5.91 Å². The number of nitrogens with one attached hydrogen (secondary N) is 1. The molecule has 2 heterocycles. The first kappa shape index (κ1) is 20.6. The van der Waals surface area contributed by atoms with Gasteiger partial charge in [-0.05, 0) is 43.5 Å². The summed E-state index contributed by atoms with van der Waals surface area (Å²) in [5, 5.41) is 11.9. The number of benzene rings is 2. The molecule has 31 heavy (non-hydrogen) atoms. The van der Waals surface area contributed by atoms with E-state index in [9.17, 15) is 24.3 Å². The number of nitrogens with zero attached hydrogens (tertiary/aromatic N) is 2. The Morgan fingerprint density at radius 3 is 2.55 bits per heavy atom. The van der Waals surface area contributed by atoms with Gasteiger partial charge in [-0.25, -0.2) is 4.79 Å². The van der Waals surface area contributed by atoms with E-state index in [1.165, 1.54) is 11.8 Å². The van der Waals surface area contributed by atoms with Crippen LogP contribution < -0.4 is 10.2 Å². The van der Waals surface area contributed by atoms with Crippen LogP contribution in [0.2, 0.25) is 0 Å². The van der Waals surface area contributed by atoms with Crippen molar-refractivity contribution in [1.82, 2.24) is 10.2 Å². The van der Waals surface area contributed by atoms with Gasteiger partial charge >= 0.3 is 5.97 Å². The topological polar surface area (TPSA) is 107 Å². The van der Waals surface area contributed by atoms with E-state index in [1.54, 1.807) is 17.0 Å². The first-order chi connectivity index (χ1) is 14.9. The van der Waals surface area contributed by atoms with Crippen molar-refractivity contribution in [3.63, 3.8) is 0 Å². The number of fused-ring (bicyclic) bond motifs is 1. The average Bonchev–Trinajstić information content (AvgIpc) is 3.39. The highest BCUT2D eigenvalue weighted by Crippen LogP contribution is 2.30. The summed E-state index contributed by atoms with van der Waals surface area (Å²) in [6.07, 6.45) is 1.01. The van der Waals surface area contributed by atoms with E-state index in [-0.39, 0.29) is 11.5 Å². The van der Waals surface area contributed by atoms with Crippen molar-refractivity contribution in [2.24, 2.45) is 0 Å². The predicted molar refractivity (Wildman–Crippen MR) is 113 cm³/mol. The normalized spacial score (nSPS) is 18.6. The van der Waals surface area contributed by atoms with Crippen molar-refractivity contribution in [2.75, 3.05) is 11.4 Å². The third-order valence-corrected chi connectivity index (χ3v) is 5.79. The smallest absolute Gasteiger partial charge is 0.326 e. The van der Waals surface area contributed by atoms with Crippen LogP contribution in [0.4, 0.5) is 5.69 Å². The van der Waals surface area contributed by atoms with Crippen molar-refractivity contribution in [3.05, 3.63) is 65.2 Å². The molecule has 3 amide bonds. The van der Waals surface area contributed by atoms with Gasteiger partial charge in [-0.3, -0.25) is 14.4 Å². The molecule has 8 nitrogen and oxygen atoms in total. The molecule has 2 aromatic rings. The summed E-state index contributed by atoms with van der Waals surface area (Å²) in [6.45, 7) is 2.24. The monoisotopic (exact) mass is 421 g/mol. The lowest BCUT2D eigenvalue weighted by atomic mass is 10.0. The molecule has 0 saturated carbocycles. The summed E-state index contributed by atoms with van der Waals surface area (Å²) < 4.78 is 0. The zero-order valence-electron chi connectivity index (χ0n) is 17.1. The Kier molecular flexibility index (Phi) is 5.46. The zero-order valence-corrected chi connectivity index (χ0v) is 17.1. The Morgan fingerprint density at radius 1 is 1.10 bits per heavy atom. The Labute approximate surface area is 179 Å². The number of carbonyl (C=O) groups excluding carboxylic acids is 3. The molecule has 4 rings (SSSR count). The summed E-state index contributed by atoms with van der Waals surface area (Å²) in [7, 11) is 0. The van der Waals surface area contributed by atoms with E-state index in [1.807, 2.05) is 36.4 Å². The van der Waals surface area contributed by atoms with E-state index in [0.29, 0.717) is 31.5 Å². The predicted octanol–water partition coefficient (Wildman–Crippen LogP) is 2.04. The minimum Gasteiger partial charge on any atom is -0.480 e. The number of carbonyl (C=O) groups is 4. The third-order valence-electron chi connectivity index (χ3n) is 5.79. The molecule has 0 radical (unpaired) electrons. The first-order valence-electron chi connectivity index (χ1n) is 10.2. The molecule has 160 valence electrons. The summed E-state index contributed by atoms with van der Waals surface area (Å²) in [5.74, 6) is -2.29. The van der Waals surface area contributed by atoms with Gasteiger partial charge < -0.3 is 20.2 Å². The second-order valence-electron chi connectivity index (χ2n) is 7.79. The largest absolute Gasteiger partial charge is 0.480 e. The molecule has 2 unspecified atom stereocenters. The standard InChI is InChI=1S/C23H23N3O5/c1-14(21(28)25-12-6-11-18(25)23(30)31)24-20(27)17-10-5-7-15-13-26(22(29)19(15)17)16-8-3-2-4-9-16/h2-5,7-10,14,18H,6,11-13H2,1H3,(H,24,27)(H,30,31). The van der Waals surface area contributed by atoms with E-state index < -0.39 is 29.9 Å². The van der Waals surface area contributed by atoms with E-state index in [4.69, 9.17) is 0 Å². The summed E-state index contributed by atoms with van der Waals surface area (Å²) in [6, 6.07) is 12.5. The van der Waals surface area contributed by atoms with Gasteiger partial charge in [-0.2, -0.15) is 0 Å². The number of aliphatic carboxylic acids is 1. The number of carboxylic acids is 1. The van der Waals surface area contributed by atoms with Crippen molar-refractivity contribution in [2.45, 2.75) is 38.4 Å². The highest BCUT2D eigenvalue weighted by Gasteiger charge is 2.37. The van der Waals surface area contributed by atoms with Gasteiger partial charge in [0.05, 0.1) is 17.7 Å². The molecule has 1 saturated heterocycles. The number of amides is 3. The van der Waals surface area contributed by atoms with E-state index in [0.717, 1.165) is 11.3 Å². The molecule has 0 aliphatic carbocycles. The van der Waals surface area contributed by atoms with Crippen molar-refractivity contribution < 1.29 is 24.3 Å². The van der Waals surface area contributed by atoms with Gasteiger partial charge in [0.25, 0.3) is 11.8 Å². The number of hydrogen-bond acceptors (Lipinski definition) is 4. The van der Waals surface area contributed by atoms with E-state index in [2.05, 4.69) is 5.32 Å². The number of hydrogen-bond donors (Lipinski definition) is 2. The quantitative estimate of drug-likeness (QED) is 0.768. The van der Waals surface area contributed by atoms with Crippen LogP contribution in [0.5, 0.6) is 0 Å². The number of anilines is 1. The number of likely N-dealkylation sites (tertiary alicyclic amines) is 1. The van der Waals surface area contributed by atoms with Crippen LogP contribution >= 0.6 is 0 Å². The molecule has 2 N–H and O–H groups in total. The van der Waals surface area contributed by atoms with Crippen molar-refractivity contribution in [3.8, 4) is 0 Å². The Hall–Kier alpha value is -3.68. The van der Waals surface area contributed by atoms with Gasteiger partial charge in [-0.15, -0.1) is 0 Å². The van der Waals surface area contributed by atoms with Crippen LogP contribution in [0.25, 0.3) is 0 Å². The zero-order chi connectivity index (χ0) is 22.1. The molecule has 2 aliphatic heterocycles. The van der Waals surface area contributed by atoms with Crippen LogP contribution in [0.1, 0.15) is 46.0 Å². The molecule has 2 aliphatic rings. The average molecular weight is 421 g/mol. The van der Waals surface area contributed by atoms with Crippen molar-refractivity contribution in [1.29, 1.82) is 0 Å². The number of para-hydroxylation sites is 1. The fourth-order valence-electron chi connectivity index (χ4n) is 4.24. The molecule has 1 fully saturated rings. The number of rotatable bonds is 5. The van der Waals surface area contributed by atoms with Gasteiger partial charge in [-0.1, -0.05) is 30.3 Å². The Bertz CT molecular complexity index is 1050. The highest BCUT2D eigenvalue weighted by atomic mass is 16.4. The summed E-state index contributed by atoms with van der Waals surface area (Å²) in [4.78, 5) is 53.1. The minimum absolute atomic E-state index is 0.205. The van der Waals surface area contributed by atoms with Crippen LogP contribution in [0, 0.1) is 0 Å². The minimum atomic E-state index is -1.04. The SMILES string of the molecule is CC(NC(=O)c1cccc2c1C(=O)N(c1ccccc1)C2)C(=O)N1CCCC1C(=O)O. The number of carboxylic acid groups (broad SMARTS) is 1. The summed E-state index contributed by atoms with van der Waals surface area (Å²) in [5.41, 5.74) is 2.02. The molecule has 2 aromatic carbocycles. The molecular weight excluding hydrogens is 398 g/mol. The maximum Gasteiger partial charge on any atom is 0.326 e. The van der Waals surface area contributed by atoms with Gasteiger partial charge in [0.15, 0.2) is 0 Å². The molecule has 0 bridgehead atoms. The van der Waals surface area contributed by atoms with Crippen LogP contribution in [-0.2, 0) is 16.1 Å². The third kappa shape index (κ3) is 3.76. The van der Waals surface area contributed by atoms with Gasteiger partial charge in [0, 0.05) is 12.2 Å². The van der Waals surface area contributed by atoms with E-state index >= 15 is 0 Å². The first-order valence-corrected chi connectivity index (χ1v) is 10.2.